The molecule has 0 amide bonds. The summed E-state index contributed by atoms with van der Waals surface area (Å²) >= 11 is 0. The Bertz CT molecular complexity index is 570. The lowest BCUT2D eigenvalue weighted by Crippen LogP contribution is -2.36. The highest BCUT2D eigenvalue weighted by Gasteiger charge is 2.45. The first kappa shape index (κ1) is 13.7. The molecule has 3 N–H and O–H groups in total. The van der Waals surface area contributed by atoms with E-state index in [9.17, 15) is 19.1 Å². The highest BCUT2D eigenvalue weighted by atomic mass is 19.1. The van der Waals surface area contributed by atoms with Crippen LogP contribution in [0.1, 0.15) is 6.23 Å². The summed E-state index contributed by atoms with van der Waals surface area (Å²) in [6.07, 6.45) is -5.05. The number of hydrogen-bond acceptors (Lipinski definition) is 6. The van der Waals surface area contributed by atoms with Crippen LogP contribution in [0.4, 0.5) is 4.39 Å². The summed E-state index contributed by atoms with van der Waals surface area (Å²) < 4.78 is 24.4. The highest BCUT2D eigenvalue weighted by Crippen LogP contribution is 2.30. The number of H-pyrrole nitrogens is 1. The van der Waals surface area contributed by atoms with Crippen molar-refractivity contribution in [3.8, 4) is 5.75 Å². The standard InChI is InChI=1S/C10H13FN2O6/c1-18-4-2-13(10(17)12-8(4)16)9-6(11)7(15)5(3-14)19-9/h2,5-7,9,14-15H,3H2,1H3,(H,12,16,17)/t5-,6+,7-,9-/m1/s1. The first-order chi connectivity index (χ1) is 8.99. The van der Waals surface area contributed by atoms with Crippen molar-refractivity contribution in [2.75, 3.05) is 13.7 Å². The molecule has 1 aliphatic heterocycles. The van der Waals surface area contributed by atoms with E-state index >= 15 is 0 Å². The number of hydrogen-bond donors (Lipinski definition) is 3. The Hall–Kier alpha value is -1.71. The zero-order valence-electron chi connectivity index (χ0n) is 9.95. The fourth-order valence-corrected chi connectivity index (χ4v) is 1.88. The molecular formula is C10H13FN2O6. The van der Waals surface area contributed by atoms with Crippen molar-refractivity contribution in [2.45, 2.75) is 24.6 Å². The number of aromatic nitrogens is 2. The second kappa shape index (κ2) is 5.11. The van der Waals surface area contributed by atoms with E-state index in [1.165, 1.54) is 7.11 Å². The molecule has 0 saturated carbocycles. The number of nitrogens with one attached hydrogen (secondary N) is 1. The fraction of sp³-hybridized carbons (Fsp3) is 0.600. The fourth-order valence-electron chi connectivity index (χ4n) is 1.88. The zero-order valence-corrected chi connectivity index (χ0v) is 9.95. The molecule has 1 aromatic heterocycles. The van der Waals surface area contributed by atoms with E-state index in [4.69, 9.17) is 14.6 Å². The summed E-state index contributed by atoms with van der Waals surface area (Å²) in [4.78, 5) is 24.8. The van der Waals surface area contributed by atoms with Gasteiger partial charge in [0.15, 0.2) is 12.4 Å². The number of ether oxygens (including phenoxy) is 2. The average Bonchev–Trinajstić information content (AvgIpc) is 2.67. The summed E-state index contributed by atoms with van der Waals surface area (Å²) in [7, 11) is 1.22. The van der Waals surface area contributed by atoms with Crippen molar-refractivity contribution in [1.82, 2.24) is 9.55 Å². The summed E-state index contributed by atoms with van der Waals surface area (Å²) in [5, 5.41) is 18.4. The van der Waals surface area contributed by atoms with Crippen molar-refractivity contribution in [3.63, 3.8) is 0 Å². The Labute approximate surface area is 106 Å². The van der Waals surface area contributed by atoms with Gasteiger partial charge in [0.05, 0.1) is 19.9 Å². The van der Waals surface area contributed by atoms with Crippen LogP contribution in [0, 0.1) is 0 Å². The Morgan fingerprint density at radius 3 is 2.79 bits per heavy atom. The van der Waals surface area contributed by atoms with Gasteiger partial charge in [-0.05, 0) is 0 Å². The molecule has 0 radical (unpaired) electrons. The van der Waals surface area contributed by atoms with Gasteiger partial charge >= 0.3 is 5.69 Å². The van der Waals surface area contributed by atoms with E-state index in [-0.39, 0.29) is 5.75 Å². The molecule has 19 heavy (non-hydrogen) atoms. The van der Waals surface area contributed by atoms with Gasteiger partial charge in [-0.3, -0.25) is 14.3 Å². The molecule has 0 bridgehead atoms. The maximum absolute atomic E-state index is 13.8. The third-order valence-corrected chi connectivity index (χ3v) is 2.90. The lowest BCUT2D eigenvalue weighted by molar-refractivity contribution is -0.0493. The maximum Gasteiger partial charge on any atom is 0.330 e. The quantitative estimate of drug-likeness (QED) is 0.596. The molecule has 2 heterocycles. The SMILES string of the molecule is COc1cn([C@@H]2O[C@H](CO)[C@@H](O)[C@@H]2F)c(=O)[nH]c1=O. The van der Waals surface area contributed by atoms with Gasteiger partial charge in [-0.2, -0.15) is 0 Å². The van der Waals surface area contributed by atoms with Crippen LogP contribution >= 0.6 is 0 Å². The number of rotatable bonds is 3. The molecular weight excluding hydrogens is 263 g/mol. The number of halogens is 1. The molecule has 0 aliphatic carbocycles. The number of aromatic amines is 1. The van der Waals surface area contributed by atoms with Crippen molar-refractivity contribution >= 4 is 0 Å². The van der Waals surface area contributed by atoms with Crippen LogP contribution in [0.2, 0.25) is 0 Å². The van der Waals surface area contributed by atoms with Crippen LogP contribution in [0.5, 0.6) is 5.75 Å². The van der Waals surface area contributed by atoms with Gasteiger partial charge < -0.3 is 19.7 Å². The molecule has 106 valence electrons. The minimum absolute atomic E-state index is 0.197. The van der Waals surface area contributed by atoms with Gasteiger partial charge in [0, 0.05) is 0 Å². The minimum atomic E-state index is -1.91. The summed E-state index contributed by atoms with van der Waals surface area (Å²) in [6, 6.07) is 0. The largest absolute Gasteiger partial charge is 0.490 e. The molecule has 2 rings (SSSR count). The molecule has 8 nitrogen and oxygen atoms in total. The second-order valence-electron chi connectivity index (χ2n) is 4.05. The number of methoxy groups -OCH3 is 1. The first-order valence-corrected chi connectivity index (χ1v) is 5.47. The monoisotopic (exact) mass is 276 g/mol. The molecule has 4 atom stereocenters. The Kier molecular flexibility index (Phi) is 3.69. The van der Waals surface area contributed by atoms with Crippen LogP contribution in [0.15, 0.2) is 15.8 Å². The van der Waals surface area contributed by atoms with Gasteiger partial charge in [0.2, 0.25) is 5.75 Å². The predicted molar refractivity (Wildman–Crippen MR) is 59.8 cm³/mol. The molecule has 0 aromatic carbocycles. The van der Waals surface area contributed by atoms with E-state index in [1.54, 1.807) is 0 Å². The summed E-state index contributed by atoms with van der Waals surface area (Å²) in [5.41, 5.74) is -1.65. The van der Waals surface area contributed by atoms with Crippen molar-refractivity contribution in [1.29, 1.82) is 0 Å². The number of alkyl halides is 1. The molecule has 1 fully saturated rings. The molecule has 0 spiro atoms. The van der Waals surface area contributed by atoms with Crippen LogP contribution in [-0.4, -0.2) is 51.9 Å². The van der Waals surface area contributed by atoms with Gasteiger partial charge in [0.1, 0.15) is 12.2 Å². The first-order valence-electron chi connectivity index (χ1n) is 5.47. The molecule has 9 heteroatoms. The van der Waals surface area contributed by atoms with Crippen LogP contribution in [-0.2, 0) is 4.74 Å². The van der Waals surface area contributed by atoms with Crippen molar-refractivity contribution < 1.29 is 24.1 Å². The smallest absolute Gasteiger partial charge is 0.330 e. The van der Waals surface area contributed by atoms with E-state index in [0.29, 0.717) is 0 Å². The van der Waals surface area contributed by atoms with E-state index in [1.807, 2.05) is 4.98 Å². The maximum atomic E-state index is 13.8. The lowest BCUT2D eigenvalue weighted by atomic mass is 10.1. The van der Waals surface area contributed by atoms with E-state index < -0.39 is 42.5 Å². The predicted octanol–water partition coefficient (Wildman–Crippen LogP) is -1.87. The number of aliphatic hydroxyl groups is 2. The third kappa shape index (κ3) is 2.27. The highest BCUT2D eigenvalue weighted by molar-refractivity contribution is 5.12. The van der Waals surface area contributed by atoms with Gasteiger partial charge in [-0.25, -0.2) is 9.18 Å². The molecule has 1 saturated heterocycles. The van der Waals surface area contributed by atoms with Gasteiger partial charge in [-0.1, -0.05) is 0 Å². The average molecular weight is 276 g/mol. The van der Waals surface area contributed by atoms with Gasteiger partial charge in [0.25, 0.3) is 5.56 Å². The van der Waals surface area contributed by atoms with Crippen LogP contribution in [0.25, 0.3) is 0 Å². The lowest BCUT2D eigenvalue weighted by Gasteiger charge is -2.16. The van der Waals surface area contributed by atoms with Crippen molar-refractivity contribution in [2.24, 2.45) is 0 Å². The minimum Gasteiger partial charge on any atom is -0.490 e. The van der Waals surface area contributed by atoms with Crippen LogP contribution in [0.3, 0.4) is 0 Å². The van der Waals surface area contributed by atoms with Gasteiger partial charge in [-0.15, -0.1) is 0 Å². The normalized spacial score (nSPS) is 30.5. The molecule has 1 aromatic rings. The zero-order chi connectivity index (χ0) is 14.2. The van der Waals surface area contributed by atoms with Crippen LogP contribution < -0.4 is 16.0 Å². The Morgan fingerprint density at radius 1 is 1.58 bits per heavy atom. The topological polar surface area (TPSA) is 114 Å². The number of nitrogens with zero attached hydrogens (tertiary/aromatic N) is 1. The summed E-state index contributed by atoms with van der Waals surface area (Å²) in [6.45, 7) is -0.590. The molecule has 0 unspecified atom stereocenters. The van der Waals surface area contributed by atoms with E-state index in [0.717, 1.165) is 10.8 Å². The number of aliphatic hydroxyl groups excluding tert-OH is 2. The summed E-state index contributed by atoms with van der Waals surface area (Å²) in [5.74, 6) is -0.197. The molecule has 1 aliphatic rings. The Balaban J connectivity index is 2.43. The Morgan fingerprint density at radius 2 is 2.26 bits per heavy atom. The van der Waals surface area contributed by atoms with Crippen molar-refractivity contribution in [3.05, 3.63) is 27.0 Å². The third-order valence-electron chi connectivity index (χ3n) is 2.90. The van der Waals surface area contributed by atoms with E-state index in [2.05, 4.69) is 0 Å². The second-order valence-corrected chi connectivity index (χ2v) is 4.05.